The third-order valence-corrected chi connectivity index (χ3v) is 1.92. The van der Waals surface area contributed by atoms with Crippen molar-refractivity contribution in [3.05, 3.63) is 29.0 Å². The summed E-state index contributed by atoms with van der Waals surface area (Å²) in [7, 11) is 0. The van der Waals surface area contributed by atoms with E-state index in [0.717, 1.165) is 0 Å². The van der Waals surface area contributed by atoms with Crippen LogP contribution in [0, 0.1) is 5.82 Å². The summed E-state index contributed by atoms with van der Waals surface area (Å²) in [4.78, 5) is 11.2. The van der Waals surface area contributed by atoms with Crippen LogP contribution in [0.25, 0.3) is 0 Å². The van der Waals surface area contributed by atoms with Crippen molar-refractivity contribution in [3.8, 4) is 0 Å². The van der Waals surface area contributed by atoms with E-state index in [1.54, 1.807) is 6.92 Å². The normalized spacial score (nSPS) is 12.3. The van der Waals surface area contributed by atoms with Crippen LogP contribution in [-0.4, -0.2) is 11.9 Å². The molecule has 4 N–H and O–H groups in total. The molecule has 1 atom stereocenters. The van der Waals surface area contributed by atoms with Gasteiger partial charge in [-0.3, -0.25) is 4.79 Å². The molecule has 0 aliphatic rings. The Kier molecular flexibility index (Phi) is 3.43. The lowest BCUT2D eigenvalue weighted by Gasteiger charge is -2.06. The molecule has 0 heterocycles. The number of quaternary nitrogens is 1. The molecule has 0 saturated heterocycles. The number of hydrogen-bond acceptors (Lipinski definition) is 1. The molecular formula is C9H11ClFN2O+. The van der Waals surface area contributed by atoms with Crippen LogP contribution in [0.2, 0.25) is 5.02 Å². The van der Waals surface area contributed by atoms with E-state index in [-0.39, 0.29) is 17.0 Å². The summed E-state index contributed by atoms with van der Waals surface area (Å²) in [5.74, 6) is -0.736. The first-order chi connectivity index (χ1) is 6.50. The van der Waals surface area contributed by atoms with E-state index >= 15 is 0 Å². The van der Waals surface area contributed by atoms with Crippen molar-refractivity contribution in [1.82, 2.24) is 0 Å². The summed E-state index contributed by atoms with van der Waals surface area (Å²) in [6.07, 6.45) is 0. The number of carbonyl (C=O) groups is 1. The molecule has 0 fully saturated rings. The quantitative estimate of drug-likeness (QED) is 0.765. The van der Waals surface area contributed by atoms with Crippen molar-refractivity contribution in [2.45, 2.75) is 13.0 Å². The van der Waals surface area contributed by atoms with Crippen LogP contribution < -0.4 is 11.1 Å². The summed E-state index contributed by atoms with van der Waals surface area (Å²) in [6, 6.07) is 3.64. The number of hydrogen-bond donors (Lipinski definition) is 2. The van der Waals surface area contributed by atoms with Crippen molar-refractivity contribution < 1.29 is 14.9 Å². The van der Waals surface area contributed by atoms with Crippen LogP contribution in [0.5, 0.6) is 0 Å². The Hall–Kier alpha value is -1.13. The van der Waals surface area contributed by atoms with Gasteiger partial charge < -0.3 is 11.1 Å². The molecule has 0 bridgehead atoms. The molecule has 0 saturated carbocycles. The maximum atomic E-state index is 12.7. The van der Waals surface area contributed by atoms with E-state index < -0.39 is 5.82 Å². The lowest BCUT2D eigenvalue weighted by molar-refractivity contribution is -0.396. The van der Waals surface area contributed by atoms with Gasteiger partial charge in [0.05, 0.1) is 5.02 Å². The van der Waals surface area contributed by atoms with Crippen molar-refractivity contribution >= 4 is 23.2 Å². The van der Waals surface area contributed by atoms with Crippen LogP contribution >= 0.6 is 11.6 Å². The molecule has 14 heavy (non-hydrogen) atoms. The molecule has 1 aromatic rings. The number of halogens is 2. The minimum atomic E-state index is -0.507. The van der Waals surface area contributed by atoms with Gasteiger partial charge >= 0.3 is 0 Å². The Morgan fingerprint density at radius 2 is 2.29 bits per heavy atom. The van der Waals surface area contributed by atoms with Crippen LogP contribution in [0.3, 0.4) is 0 Å². The van der Waals surface area contributed by atoms with Crippen molar-refractivity contribution in [2.75, 3.05) is 5.32 Å². The summed E-state index contributed by atoms with van der Waals surface area (Å²) in [5, 5.41) is 2.54. The number of benzene rings is 1. The van der Waals surface area contributed by atoms with Crippen molar-refractivity contribution in [1.29, 1.82) is 0 Å². The second-order valence-corrected chi connectivity index (χ2v) is 3.43. The molecular weight excluding hydrogens is 207 g/mol. The van der Waals surface area contributed by atoms with Gasteiger partial charge in [-0.05, 0) is 25.1 Å². The summed E-state index contributed by atoms with van der Waals surface area (Å²) in [6.45, 7) is 1.67. The zero-order valence-corrected chi connectivity index (χ0v) is 8.44. The molecule has 0 aliphatic carbocycles. The second kappa shape index (κ2) is 4.39. The summed E-state index contributed by atoms with van der Waals surface area (Å²) < 4.78 is 12.7. The van der Waals surface area contributed by atoms with E-state index in [2.05, 4.69) is 11.1 Å². The number of rotatable bonds is 2. The average Bonchev–Trinajstić information content (AvgIpc) is 2.11. The molecule has 0 aromatic heterocycles. The van der Waals surface area contributed by atoms with Gasteiger partial charge in [-0.1, -0.05) is 11.6 Å². The Labute approximate surface area is 86.0 Å². The van der Waals surface area contributed by atoms with E-state index in [1.807, 2.05) is 0 Å². The molecule has 1 rings (SSSR count). The van der Waals surface area contributed by atoms with E-state index in [0.29, 0.717) is 5.69 Å². The first-order valence-electron chi connectivity index (χ1n) is 4.09. The van der Waals surface area contributed by atoms with Crippen molar-refractivity contribution in [2.24, 2.45) is 0 Å². The second-order valence-electron chi connectivity index (χ2n) is 3.02. The average molecular weight is 218 g/mol. The van der Waals surface area contributed by atoms with Gasteiger partial charge in [0.1, 0.15) is 5.82 Å². The molecule has 0 aliphatic heterocycles. The molecule has 0 spiro atoms. The minimum Gasteiger partial charge on any atom is -0.348 e. The standard InChI is InChI=1S/C9H10ClFN2O/c1-5(12)9(14)13-6-2-3-8(11)7(10)4-6/h2-5H,12H2,1H3,(H,13,14)/p+1/t5-/m1/s1. The van der Waals surface area contributed by atoms with Crippen molar-refractivity contribution in [3.63, 3.8) is 0 Å². The highest BCUT2D eigenvalue weighted by molar-refractivity contribution is 6.31. The Morgan fingerprint density at radius 3 is 2.79 bits per heavy atom. The summed E-state index contributed by atoms with van der Waals surface area (Å²) >= 11 is 5.53. The van der Waals surface area contributed by atoms with Gasteiger partial charge in [-0.2, -0.15) is 0 Å². The first kappa shape index (κ1) is 10.9. The molecule has 0 unspecified atom stereocenters. The molecule has 3 nitrogen and oxygen atoms in total. The smallest absolute Gasteiger partial charge is 0.282 e. The van der Waals surface area contributed by atoms with E-state index in [9.17, 15) is 9.18 Å². The monoisotopic (exact) mass is 217 g/mol. The Morgan fingerprint density at radius 1 is 1.64 bits per heavy atom. The largest absolute Gasteiger partial charge is 0.348 e. The fourth-order valence-electron chi connectivity index (χ4n) is 0.839. The molecule has 1 amide bonds. The zero-order valence-electron chi connectivity index (χ0n) is 7.68. The van der Waals surface area contributed by atoms with Crippen LogP contribution in [0.15, 0.2) is 18.2 Å². The Bertz CT molecular complexity index is 355. The van der Waals surface area contributed by atoms with Crippen LogP contribution in [0.4, 0.5) is 10.1 Å². The first-order valence-corrected chi connectivity index (χ1v) is 4.47. The Balaban J connectivity index is 2.78. The van der Waals surface area contributed by atoms with Crippen LogP contribution in [0.1, 0.15) is 6.92 Å². The fraction of sp³-hybridized carbons (Fsp3) is 0.222. The predicted octanol–water partition coefficient (Wildman–Crippen LogP) is 1.05. The highest BCUT2D eigenvalue weighted by atomic mass is 35.5. The lowest BCUT2D eigenvalue weighted by atomic mass is 10.3. The number of anilines is 1. The van der Waals surface area contributed by atoms with Gasteiger partial charge in [0, 0.05) is 5.69 Å². The van der Waals surface area contributed by atoms with Gasteiger partial charge in [-0.25, -0.2) is 4.39 Å². The zero-order chi connectivity index (χ0) is 10.7. The SMILES string of the molecule is C[C@@H]([NH3+])C(=O)Nc1ccc(F)c(Cl)c1. The molecule has 76 valence electrons. The van der Waals surface area contributed by atoms with E-state index in [1.165, 1.54) is 18.2 Å². The molecule has 5 heteroatoms. The van der Waals surface area contributed by atoms with E-state index in [4.69, 9.17) is 11.6 Å². The highest BCUT2D eigenvalue weighted by Gasteiger charge is 2.11. The molecule has 0 radical (unpaired) electrons. The third-order valence-electron chi connectivity index (χ3n) is 1.63. The third kappa shape index (κ3) is 2.68. The fourth-order valence-corrected chi connectivity index (χ4v) is 1.02. The number of amides is 1. The van der Waals surface area contributed by atoms with Gasteiger partial charge in [0.2, 0.25) is 0 Å². The maximum absolute atomic E-state index is 12.7. The highest BCUT2D eigenvalue weighted by Crippen LogP contribution is 2.19. The lowest BCUT2D eigenvalue weighted by Crippen LogP contribution is -2.64. The number of carbonyl (C=O) groups excluding carboxylic acids is 1. The summed E-state index contributed by atoms with van der Waals surface area (Å²) in [5.41, 5.74) is 4.02. The minimum absolute atomic E-state index is 0.0143. The van der Waals surface area contributed by atoms with Gasteiger partial charge in [0.15, 0.2) is 6.04 Å². The van der Waals surface area contributed by atoms with Gasteiger partial charge in [0.25, 0.3) is 5.91 Å². The molecule has 1 aromatic carbocycles. The van der Waals surface area contributed by atoms with Crippen LogP contribution in [-0.2, 0) is 4.79 Å². The topological polar surface area (TPSA) is 56.7 Å². The predicted molar refractivity (Wildman–Crippen MR) is 52.4 cm³/mol. The number of nitrogens with one attached hydrogen (secondary N) is 1. The maximum Gasteiger partial charge on any atom is 0.282 e. The van der Waals surface area contributed by atoms with Gasteiger partial charge in [-0.15, -0.1) is 0 Å².